The van der Waals surface area contributed by atoms with E-state index in [1.165, 1.54) is 0 Å². The van der Waals surface area contributed by atoms with Crippen LogP contribution in [0.5, 0.6) is 0 Å². The van der Waals surface area contributed by atoms with Gasteiger partial charge < -0.3 is 15.7 Å². The van der Waals surface area contributed by atoms with Crippen LogP contribution in [0, 0.1) is 5.41 Å². The molecule has 1 aliphatic heterocycles. The number of aliphatic hydroxyl groups excluding tert-OH is 1. The summed E-state index contributed by atoms with van der Waals surface area (Å²) in [5.41, 5.74) is 5.16. The van der Waals surface area contributed by atoms with Crippen molar-refractivity contribution in [2.75, 3.05) is 13.1 Å². The summed E-state index contributed by atoms with van der Waals surface area (Å²) >= 11 is 0. The summed E-state index contributed by atoms with van der Waals surface area (Å²) in [4.78, 5) is 1.66. The highest BCUT2D eigenvalue weighted by Crippen LogP contribution is 2.06. The van der Waals surface area contributed by atoms with Crippen LogP contribution in [0.4, 0.5) is 0 Å². The van der Waals surface area contributed by atoms with Crippen molar-refractivity contribution in [3.8, 4) is 0 Å². The Hall–Kier alpha value is -0.770. The summed E-state index contributed by atoms with van der Waals surface area (Å²) in [5, 5.41) is 15.9. The molecule has 4 N–H and O–H groups in total. The van der Waals surface area contributed by atoms with Crippen molar-refractivity contribution in [2.45, 2.75) is 12.5 Å². The van der Waals surface area contributed by atoms with Gasteiger partial charge in [-0.1, -0.05) is 0 Å². The quantitative estimate of drug-likeness (QED) is 0.288. The van der Waals surface area contributed by atoms with Crippen molar-refractivity contribution >= 4 is 5.96 Å². The molecule has 1 saturated heterocycles. The van der Waals surface area contributed by atoms with Crippen molar-refractivity contribution < 1.29 is 5.11 Å². The average Bonchev–Trinajstić information content (AvgIpc) is 2.14. The van der Waals surface area contributed by atoms with Gasteiger partial charge in [0.05, 0.1) is 6.10 Å². The van der Waals surface area contributed by atoms with E-state index in [0.717, 1.165) is 13.0 Å². The molecule has 0 amide bonds. The predicted octanol–water partition coefficient (Wildman–Crippen LogP) is -1.05. The van der Waals surface area contributed by atoms with Crippen molar-refractivity contribution in [1.82, 2.24) is 4.90 Å². The number of nitrogens with zero attached hydrogens (tertiary/aromatic N) is 1. The van der Waals surface area contributed by atoms with Crippen LogP contribution in [0.1, 0.15) is 6.42 Å². The van der Waals surface area contributed by atoms with Gasteiger partial charge in [-0.2, -0.15) is 0 Å². The molecule has 1 heterocycles. The van der Waals surface area contributed by atoms with Crippen molar-refractivity contribution in [2.24, 2.45) is 5.73 Å². The normalized spacial score (nSPS) is 26.8. The van der Waals surface area contributed by atoms with Gasteiger partial charge >= 0.3 is 0 Å². The van der Waals surface area contributed by atoms with E-state index in [0.29, 0.717) is 6.54 Å². The van der Waals surface area contributed by atoms with Crippen LogP contribution in [0.25, 0.3) is 0 Å². The molecule has 1 fully saturated rings. The molecule has 1 rings (SSSR count). The number of rotatable bonds is 0. The second kappa shape index (κ2) is 2.23. The van der Waals surface area contributed by atoms with Crippen LogP contribution in [-0.2, 0) is 0 Å². The molecule has 4 nitrogen and oxygen atoms in total. The van der Waals surface area contributed by atoms with E-state index in [1.807, 2.05) is 0 Å². The monoisotopic (exact) mass is 129 g/mol. The van der Waals surface area contributed by atoms with E-state index in [2.05, 4.69) is 0 Å². The van der Waals surface area contributed by atoms with Gasteiger partial charge in [-0.3, -0.25) is 5.41 Å². The van der Waals surface area contributed by atoms with E-state index in [-0.39, 0.29) is 12.1 Å². The van der Waals surface area contributed by atoms with Gasteiger partial charge in [0.2, 0.25) is 0 Å². The minimum Gasteiger partial charge on any atom is -0.391 e. The lowest BCUT2D eigenvalue weighted by molar-refractivity contribution is 0.188. The maximum absolute atomic E-state index is 8.95. The average molecular weight is 129 g/mol. The van der Waals surface area contributed by atoms with Crippen molar-refractivity contribution in [3.63, 3.8) is 0 Å². The molecule has 4 heteroatoms. The number of likely N-dealkylation sites (tertiary alicyclic amines) is 1. The van der Waals surface area contributed by atoms with Gasteiger partial charge in [-0.15, -0.1) is 0 Å². The Morgan fingerprint density at radius 2 is 2.44 bits per heavy atom. The molecule has 1 aliphatic rings. The van der Waals surface area contributed by atoms with E-state index < -0.39 is 0 Å². The Morgan fingerprint density at radius 3 is 2.67 bits per heavy atom. The van der Waals surface area contributed by atoms with E-state index in [4.69, 9.17) is 16.2 Å². The van der Waals surface area contributed by atoms with Crippen molar-refractivity contribution in [1.29, 1.82) is 5.41 Å². The molecule has 9 heavy (non-hydrogen) atoms. The Bertz CT molecular complexity index is 125. The second-order valence-electron chi connectivity index (χ2n) is 2.27. The summed E-state index contributed by atoms with van der Waals surface area (Å²) in [6.07, 6.45) is 0.452. The van der Waals surface area contributed by atoms with Gasteiger partial charge in [-0.25, -0.2) is 0 Å². The zero-order valence-electron chi connectivity index (χ0n) is 5.17. The highest BCUT2D eigenvalue weighted by molar-refractivity contribution is 5.74. The lowest BCUT2D eigenvalue weighted by atomic mass is 10.3. The van der Waals surface area contributed by atoms with Gasteiger partial charge in [0.25, 0.3) is 0 Å². The minimum absolute atomic E-state index is 0.0616. The predicted molar refractivity (Wildman–Crippen MR) is 34.1 cm³/mol. The molecule has 0 aliphatic carbocycles. The molecule has 1 atom stereocenters. The second-order valence-corrected chi connectivity index (χ2v) is 2.27. The Labute approximate surface area is 53.8 Å². The smallest absolute Gasteiger partial charge is 0.188 e. The largest absolute Gasteiger partial charge is 0.391 e. The Kier molecular flexibility index (Phi) is 1.57. The molecule has 0 bridgehead atoms. The number of hydrogen-bond donors (Lipinski definition) is 3. The van der Waals surface area contributed by atoms with E-state index in [1.54, 1.807) is 4.90 Å². The summed E-state index contributed by atoms with van der Waals surface area (Å²) in [6, 6.07) is 0. The first kappa shape index (κ1) is 6.35. The number of nitrogens with one attached hydrogen (secondary N) is 1. The topological polar surface area (TPSA) is 73.3 Å². The molecular weight excluding hydrogens is 118 g/mol. The van der Waals surface area contributed by atoms with Crippen LogP contribution >= 0.6 is 0 Å². The Balaban J connectivity index is 2.39. The number of hydrogen-bond acceptors (Lipinski definition) is 2. The van der Waals surface area contributed by atoms with Gasteiger partial charge in [0, 0.05) is 13.1 Å². The van der Waals surface area contributed by atoms with Crippen LogP contribution in [0.3, 0.4) is 0 Å². The standard InChI is InChI=1S/C5H11N3O/c6-5(7)8-2-1-4(9)3-8/h4,9H,1-3H2,(H3,6,7)/t4-/m0/s1. The molecular formula is C5H11N3O. The Morgan fingerprint density at radius 1 is 1.78 bits per heavy atom. The summed E-state index contributed by atoms with van der Waals surface area (Å²) < 4.78 is 0. The van der Waals surface area contributed by atoms with E-state index >= 15 is 0 Å². The number of aliphatic hydroxyl groups is 1. The SMILES string of the molecule is N=C(N)N1CC[C@H](O)C1. The molecule has 0 saturated carbocycles. The fourth-order valence-electron chi connectivity index (χ4n) is 0.961. The fourth-order valence-corrected chi connectivity index (χ4v) is 0.961. The summed E-state index contributed by atoms with van der Waals surface area (Å²) in [7, 11) is 0. The summed E-state index contributed by atoms with van der Waals surface area (Å²) in [6.45, 7) is 1.24. The molecule has 0 unspecified atom stereocenters. The molecule has 52 valence electrons. The molecule has 0 aromatic carbocycles. The minimum atomic E-state index is -0.283. The van der Waals surface area contributed by atoms with Gasteiger partial charge in [-0.05, 0) is 6.42 Å². The fraction of sp³-hybridized carbons (Fsp3) is 0.800. The zero-order valence-corrected chi connectivity index (χ0v) is 5.17. The van der Waals surface area contributed by atoms with Gasteiger partial charge in [0.15, 0.2) is 5.96 Å². The third-order valence-electron chi connectivity index (χ3n) is 1.50. The lowest BCUT2D eigenvalue weighted by Crippen LogP contribution is -2.34. The number of guanidine groups is 1. The third-order valence-corrected chi connectivity index (χ3v) is 1.50. The molecule has 0 aromatic rings. The first-order valence-electron chi connectivity index (χ1n) is 2.97. The first-order valence-corrected chi connectivity index (χ1v) is 2.97. The van der Waals surface area contributed by atoms with Crippen LogP contribution < -0.4 is 5.73 Å². The van der Waals surface area contributed by atoms with E-state index in [9.17, 15) is 0 Å². The maximum atomic E-state index is 8.95. The maximum Gasteiger partial charge on any atom is 0.188 e. The van der Waals surface area contributed by atoms with Crippen LogP contribution in [-0.4, -0.2) is 35.2 Å². The highest BCUT2D eigenvalue weighted by Gasteiger charge is 2.20. The number of β-amino-alcohol motifs (C(OH)–C–C–N with tert-alkyl or cyclic N) is 1. The molecule has 0 radical (unpaired) electrons. The highest BCUT2D eigenvalue weighted by atomic mass is 16.3. The van der Waals surface area contributed by atoms with Crippen molar-refractivity contribution in [3.05, 3.63) is 0 Å². The van der Waals surface area contributed by atoms with Crippen LogP contribution in [0.2, 0.25) is 0 Å². The zero-order chi connectivity index (χ0) is 6.85. The van der Waals surface area contributed by atoms with Crippen LogP contribution in [0.15, 0.2) is 0 Å². The third kappa shape index (κ3) is 1.32. The lowest BCUT2D eigenvalue weighted by Gasteiger charge is -2.13. The molecule has 0 aromatic heterocycles. The van der Waals surface area contributed by atoms with Gasteiger partial charge in [0.1, 0.15) is 0 Å². The molecule has 0 spiro atoms. The summed E-state index contributed by atoms with van der Waals surface area (Å²) in [5.74, 6) is 0.0616. The number of nitrogens with two attached hydrogens (primary N) is 1. The first-order chi connectivity index (χ1) is 4.20.